The van der Waals surface area contributed by atoms with Crippen LogP contribution < -0.4 is 10.1 Å². The molecule has 0 unspecified atom stereocenters. The summed E-state index contributed by atoms with van der Waals surface area (Å²) in [6.07, 6.45) is -10.0. The third kappa shape index (κ3) is 6.11. The van der Waals surface area contributed by atoms with Crippen LogP contribution >= 0.6 is 11.6 Å². The lowest BCUT2D eigenvalue weighted by molar-refractivity contribution is -0.143. The fraction of sp³-hybridized carbons (Fsp3) is 0.222. The van der Waals surface area contributed by atoms with Gasteiger partial charge in [-0.3, -0.25) is 9.59 Å². The highest BCUT2D eigenvalue weighted by Gasteiger charge is 2.36. The van der Waals surface area contributed by atoms with E-state index in [1.807, 2.05) is 0 Å². The van der Waals surface area contributed by atoms with E-state index in [0.717, 1.165) is 6.92 Å². The van der Waals surface area contributed by atoms with Crippen LogP contribution in [0.5, 0.6) is 5.75 Å². The Hall–Kier alpha value is -2.75. The van der Waals surface area contributed by atoms with Crippen LogP contribution in [0, 0.1) is 0 Å². The first-order valence-electron chi connectivity index (χ1n) is 7.82. The maximum Gasteiger partial charge on any atom is 0.416 e. The molecule has 0 saturated carbocycles. The van der Waals surface area contributed by atoms with Crippen molar-refractivity contribution in [1.82, 2.24) is 5.32 Å². The second kappa shape index (κ2) is 8.32. The lowest BCUT2D eigenvalue weighted by atomic mass is 10.0. The van der Waals surface area contributed by atoms with E-state index in [-0.39, 0.29) is 22.4 Å². The van der Waals surface area contributed by atoms with Gasteiger partial charge in [0.15, 0.2) is 0 Å². The number of esters is 1. The molecule has 0 fully saturated rings. The quantitative estimate of drug-likeness (QED) is 0.403. The van der Waals surface area contributed by atoms with Gasteiger partial charge in [-0.25, -0.2) is 0 Å². The van der Waals surface area contributed by atoms with E-state index in [0.29, 0.717) is 12.1 Å². The molecule has 2 rings (SSSR count). The number of amides is 1. The van der Waals surface area contributed by atoms with Crippen LogP contribution in [0.4, 0.5) is 26.3 Å². The normalized spacial score (nSPS) is 11.9. The summed E-state index contributed by atoms with van der Waals surface area (Å²) in [6.45, 7) is 0.442. The molecular weight excluding hydrogens is 428 g/mol. The average Bonchev–Trinajstić information content (AvgIpc) is 2.57. The predicted molar refractivity (Wildman–Crippen MR) is 90.4 cm³/mol. The Morgan fingerprint density at radius 3 is 2.00 bits per heavy atom. The van der Waals surface area contributed by atoms with Crippen molar-refractivity contribution in [1.29, 1.82) is 0 Å². The standard InChI is InChI=1S/C18H12ClF6NO3/c1-9(27)29-15-7-13(19)2-3-14(15)16(28)26-8-10-4-11(17(20,21)22)6-12(5-10)18(23,24)25/h2-7H,8H2,1H3,(H,26,28). The number of hydrogen-bond acceptors (Lipinski definition) is 3. The predicted octanol–water partition coefficient (Wildman–Crippen LogP) is 5.23. The van der Waals surface area contributed by atoms with E-state index < -0.39 is 47.5 Å². The zero-order chi connectivity index (χ0) is 22.0. The maximum atomic E-state index is 12.9. The molecule has 2 aromatic rings. The van der Waals surface area contributed by atoms with Gasteiger partial charge in [-0.05, 0) is 35.9 Å². The van der Waals surface area contributed by atoms with Crippen molar-refractivity contribution in [2.75, 3.05) is 0 Å². The molecule has 0 bridgehead atoms. The summed E-state index contributed by atoms with van der Waals surface area (Å²) < 4.78 is 82.2. The van der Waals surface area contributed by atoms with Crippen molar-refractivity contribution in [3.8, 4) is 5.75 Å². The van der Waals surface area contributed by atoms with Crippen LogP contribution in [-0.4, -0.2) is 11.9 Å². The molecule has 0 spiro atoms. The largest absolute Gasteiger partial charge is 0.426 e. The first kappa shape index (κ1) is 22.5. The smallest absolute Gasteiger partial charge is 0.416 e. The van der Waals surface area contributed by atoms with E-state index in [2.05, 4.69) is 5.32 Å². The highest BCUT2D eigenvalue weighted by molar-refractivity contribution is 6.30. The molecule has 0 aromatic heterocycles. The van der Waals surface area contributed by atoms with E-state index in [1.54, 1.807) is 0 Å². The molecule has 0 saturated heterocycles. The number of carbonyl (C=O) groups excluding carboxylic acids is 2. The average molecular weight is 440 g/mol. The van der Waals surface area contributed by atoms with E-state index in [1.165, 1.54) is 18.2 Å². The summed E-state index contributed by atoms with van der Waals surface area (Å²) in [7, 11) is 0. The summed E-state index contributed by atoms with van der Waals surface area (Å²) >= 11 is 5.76. The van der Waals surface area contributed by atoms with Gasteiger partial charge in [-0.2, -0.15) is 26.3 Å². The highest BCUT2D eigenvalue weighted by atomic mass is 35.5. The van der Waals surface area contributed by atoms with Crippen LogP contribution in [0.25, 0.3) is 0 Å². The van der Waals surface area contributed by atoms with E-state index >= 15 is 0 Å². The first-order valence-corrected chi connectivity index (χ1v) is 8.19. The zero-order valence-corrected chi connectivity index (χ0v) is 15.3. The van der Waals surface area contributed by atoms with Crippen molar-refractivity contribution in [2.45, 2.75) is 25.8 Å². The summed E-state index contributed by atoms with van der Waals surface area (Å²) in [4.78, 5) is 23.4. The van der Waals surface area contributed by atoms with E-state index in [9.17, 15) is 35.9 Å². The number of hydrogen-bond donors (Lipinski definition) is 1. The molecule has 0 aliphatic heterocycles. The SMILES string of the molecule is CC(=O)Oc1cc(Cl)ccc1C(=O)NCc1cc(C(F)(F)F)cc(C(F)(F)F)c1. The second-order valence-electron chi connectivity index (χ2n) is 5.83. The molecule has 2 aromatic carbocycles. The number of halogens is 7. The van der Waals surface area contributed by atoms with Crippen molar-refractivity contribution >= 4 is 23.5 Å². The Balaban J connectivity index is 2.30. The van der Waals surface area contributed by atoms with Gasteiger partial charge in [0, 0.05) is 24.6 Å². The fourth-order valence-corrected chi connectivity index (χ4v) is 2.48. The van der Waals surface area contributed by atoms with Crippen LogP contribution in [0.15, 0.2) is 36.4 Å². The minimum atomic E-state index is -5.00. The van der Waals surface area contributed by atoms with Crippen LogP contribution in [0.2, 0.25) is 5.02 Å². The molecular formula is C18H12ClF6NO3. The monoisotopic (exact) mass is 439 g/mol. The van der Waals surface area contributed by atoms with Gasteiger partial charge >= 0.3 is 18.3 Å². The third-order valence-corrected chi connectivity index (χ3v) is 3.78. The van der Waals surface area contributed by atoms with Gasteiger partial charge in [0.05, 0.1) is 16.7 Å². The molecule has 0 aliphatic rings. The molecule has 1 N–H and O–H groups in total. The van der Waals surface area contributed by atoms with Gasteiger partial charge in [-0.15, -0.1) is 0 Å². The summed E-state index contributed by atoms with van der Waals surface area (Å²) in [5, 5.41) is 2.34. The number of alkyl halides is 6. The van der Waals surface area contributed by atoms with Crippen LogP contribution in [-0.2, 0) is 23.7 Å². The number of rotatable bonds is 4. The summed E-state index contributed by atoms with van der Waals surface area (Å²) in [5.41, 5.74) is -3.58. The third-order valence-electron chi connectivity index (χ3n) is 3.54. The fourth-order valence-electron chi connectivity index (χ4n) is 2.32. The van der Waals surface area contributed by atoms with Crippen molar-refractivity contribution in [3.05, 3.63) is 63.7 Å². The molecule has 1 amide bonds. The lowest BCUT2D eigenvalue weighted by Crippen LogP contribution is -2.24. The van der Waals surface area contributed by atoms with Crippen molar-refractivity contribution in [2.24, 2.45) is 0 Å². The molecule has 4 nitrogen and oxygen atoms in total. The van der Waals surface area contributed by atoms with Gasteiger partial charge < -0.3 is 10.1 Å². The lowest BCUT2D eigenvalue weighted by Gasteiger charge is -2.15. The minimum Gasteiger partial charge on any atom is -0.426 e. The van der Waals surface area contributed by atoms with Crippen LogP contribution in [0.1, 0.15) is 34.0 Å². The van der Waals surface area contributed by atoms with Crippen molar-refractivity contribution in [3.63, 3.8) is 0 Å². The number of nitrogens with one attached hydrogen (secondary N) is 1. The Labute approximate surface area is 165 Å². The maximum absolute atomic E-state index is 12.9. The minimum absolute atomic E-state index is 0.0106. The van der Waals surface area contributed by atoms with Gasteiger partial charge in [0.1, 0.15) is 5.75 Å². The molecule has 156 valence electrons. The van der Waals surface area contributed by atoms with E-state index in [4.69, 9.17) is 16.3 Å². The van der Waals surface area contributed by atoms with Crippen LogP contribution in [0.3, 0.4) is 0 Å². The number of ether oxygens (including phenoxy) is 1. The Kier molecular flexibility index (Phi) is 6.46. The number of carbonyl (C=O) groups is 2. The van der Waals surface area contributed by atoms with Gasteiger partial charge in [-0.1, -0.05) is 11.6 Å². The Morgan fingerprint density at radius 1 is 0.966 bits per heavy atom. The molecule has 0 aliphatic carbocycles. The topological polar surface area (TPSA) is 55.4 Å². The molecule has 29 heavy (non-hydrogen) atoms. The summed E-state index contributed by atoms with van der Waals surface area (Å²) in [6, 6.07) is 4.67. The highest BCUT2D eigenvalue weighted by Crippen LogP contribution is 2.36. The van der Waals surface area contributed by atoms with Crippen molar-refractivity contribution < 1.29 is 40.7 Å². The zero-order valence-electron chi connectivity index (χ0n) is 14.5. The number of benzene rings is 2. The molecule has 11 heteroatoms. The Bertz CT molecular complexity index is 908. The van der Waals surface area contributed by atoms with Gasteiger partial charge in [0.2, 0.25) is 0 Å². The Morgan fingerprint density at radius 2 is 1.52 bits per heavy atom. The summed E-state index contributed by atoms with van der Waals surface area (Å²) in [5.74, 6) is -1.85. The molecule has 0 atom stereocenters. The molecule has 0 radical (unpaired) electrons. The van der Waals surface area contributed by atoms with Gasteiger partial charge in [0.25, 0.3) is 5.91 Å². The second-order valence-corrected chi connectivity index (χ2v) is 6.27. The molecule has 0 heterocycles. The first-order chi connectivity index (χ1) is 13.3.